The SMILES string of the molecule is COc1ccc(C)cc1C1(O)CC(C)N(C)C1. The fraction of sp³-hybridized carbons (Fsp3) is 0.571. The van der Waals surface area contributed by atoms with Crippen LogP contribution in [-0.4, -0.2) is 36.8 Å². The second-order valence-corrected chi connectivity index (χ2v) is 5.20. The second kappa shape index (κ2) is 4.31. The molecule has 0 aliphatic carbocycles. The second-order valence-electron chi connectivity index (χ2n) is 5.20. The molecule has 0 spiro atoms. The van der Waals surface area contributed by atoms with E-state index in [9.17, 15) is 5.11 Å². The normalized spacial score (nSPS) is 29.6. The van der Waals surface area contributed by atoms with E-state index in [1.54, 1.807) is 7.11 Å². The smallest absolute Gasteiger partial charge is 0.125 e. The van der Waals surface area contributed by atoms with Gasteiger partial charge in [0.1, 0.15) is 11.4 Å². The van der Waals surface area contributed by atoms with E-state index in [2.05, 4.69) is 11.8 Å². The third kappa shape index (κ3) is 2.17. The number of likely N-dealkylation sites (N-methyl/N-ethyl adjacent to an activating group) is 1. The number of ether oxygens (including phenoxy) is 1. The number of β-amino-alcohol motifs (C(OH)–C–C–N with tert-alkyl or cyclic N) is 1. The summed E-state index contributed by atoms with van der Waals surface area (Å²) in [4.78, 5) is 2.18. The topological polar surface area (TPSA) is 32.7 Å². The molecule has 1 saturated heterocycles. The van der Waals surface area contributed by atoms with Crippen molar-refractivity contribution in [2.24, 2.45) is 0 Å². The molecule has 0 aromatic heterocycles. The fourth-order valence-corrected chi connectivity index (χ4v) is 2.66. The molecule has 2 rings (SSSR count). The van der Waals surface area contributed by atoms with Crippen molar-refractivity contribution in [1.29, 1.82) is 0 Å². The van der Waals surface area contributed by atoms with Gasteiger partial charge >= 0.3 is 0 Å². The van der Waals surface area contributed by atoms with Gasteiger partial charge in [0, 0.05) is 18.2 Å². The van der Waals surface area contributed by atoms with Crippen LogP contribution in [0.15, 0.2) is 18.2 Å². The van der Waals surface area contributed by atoms with Crippen LogP contribution < -0.4 is 4.74 Å². The van der Waals surface area contributed by atoms with Gasteiger partial charge in [-0.3, -0.25) is 0 Å². The highest BCUT2D eigenvalue weighted by molar-refractivity contribution is 5.42. The molecular formula is C14H21NO2. The van der Waals surface area contributed by atoms with Crippen LogP contribution in [0.2, 0.25) is 0 Å². The monoisotopic (exact) mass is 235 g/mol. The van der Waals surface area contributed by atoms with Crippen molar-refractivity contribution in [3.63, 3.8) is 0 Å². The van der Waals surface area contributed by atoms with Crippen molar-refractivity contribution in [1.82, 2.24) is 4.90 Å². The Morgan fingerprint density at radius 2 is 2.18 bits per heavy atom. The van der Waals surface area contributed by atoms with Gasteiger partial charge in [-0.2, -0.15) is 0 Å². The van der Waals surface area contributed by atoms with Crippen molar-refractivity contribution in [3.05, 3.63) is 29.3 Å². The maximum Gasteiger partial charge on any atom is 0.125 e. The maximum atomic E-state index is 10.8. The molecule has 0 radical (unpaired) electrons. The van der Waals surface area contributed by atoms with Gasteiger partial charge in [0.15, 0.2) is 0 Å². The number of aliphatic hydroxyl groups is 1. The van der Waals surface area contributed by atoms with E-state index in [0.29, 0.717) is 12.6 Å². The fourth-order valence-electron chi connectivity index (χ4n) is 2.66. The zero-order valence-corrected chi connectivity index (χ0v) is 11.0. The molecule has 0 bridgehead atoms. The molecule has 0 amide bonds. The van der Waals surface area contributed by atoms with Crippen molar-refractivity contribution in [2.45, 2.75) is 31.9 Å². The summed E-state index contributed by atoms with van der Waals surface area (Å²) < 4.78 is 5.37. The number of hydrogen-bond acceptors (Lipinski definition) is 3. The lowest BCUT2D eigenvalue weighted by Crippen LogP contribution is -2.30. The van der Waals surface area contributed by atoms with Crippen LogP contribution in [0.3, 0.4) is 0 Å². The third-order valence-electron chi connectivity index (χ3n) is 3.75. The molecule has 17 heavy (non-hydrogen) atoms. The summed E-state index contributed by atoms with van der Waals surface area (Å²) >= 11 is 0. The zero-order valence-electron chi connectivity index (χ0n) is 11.0. The Labute approximate surface area is 103 Å². The Hall–Kier alpha value is -1.06. The highest BCUT2D eigenvalue weighted by atomic mass is 16.5. The number of rotatable bonds is 2. The average molecular weight is 235 g/mol. The van der Waals surface area contributed by atoms with E-state index >= 15 is 0 Å². The molecule has 1 aliphatic rings. The minimum atomic E-state index is -0.786. The van der Waals surface area contributed by atoms with Gasteiger partial charge in [-0.1, -0.05) is 11.6 Å². The van der Waals surface area contributed by atoms with Crippen LogP contribution in [0.1, 0.15) is 24.5 Å². The summed E-state index contributed by atoms with van der Waals surface area (Å²) in [5.41, 5.74) is 1.28. The standard InChI is InChI=1S/C14H21NO2/c1-10-5-6-13(17-4)12(7-10)14(16)8-11(2)15(3)9-14/h5-7,11,16H,8-9H2,1-4H3. The van der Waals surface area contributed by atoms with Crippen LogP contribution in [-0.2, 0) is 5.60 Å². The van der Waals surface area contributed by atoms with Crippen molar-refractivity contribution >= 4 is 0 Å². The Bertz CT molecular complexity index is 407. The molecule has 3 heteroatoms. The predicted octanol–water partition coefficient (Wildman–Crippen LogP) is 1.92. The minimum Gasteiger partial charge on any atom is -0.496 e. The van der Waals surface area contributed by atoms with E-state index in [1.165, 1.54) is 0 Å². The summed E-state index contributed by atoms with van der Waals surface area (Å²) in [6.45, 7) is 4.84. The van der Waals surface area contributed by atoms with Crippen LogP contribution >= 0.6 is 0 Å². The highest BCUT2D eigenvalue weighted by Gasteiger charge is 2.42. The summed E-state index contributed by atoms with van der Waals surface area (Å²) in [6, 6.07) is 6.37. The van der Waals surface area contributed by atoms with E-state index in [4.69, 9.17) is 4.74 Å². The summed E-state index contributed by atoms with van der Waals surface area (Å²) in [7, 11) is 3.70. The van der Waals surface area contributed by atoms with E-state index in [-0.39, 0.29) is 0 Å². The molecule has 94 valence electrons. The third-order valence-corrected chi connectivity index (χ3v) is 3.75. The molecule has 1 aliphatic heterocycles. The Morgan fingerprint density at radius 1 is 1.47 bits per heavy atom. The largest absolute Gasteiger partial charge is 0.496 e. The number of methoxy groups -OCH3 is 1. The van der Waals surface area contributed by atoms with E-state index in [1.807, 2.05) is 32.2 Å². The van der Waals surface area contributed by atoms with Crippen LogP contribution in [0.4, 0.5) is 0 Å². The first-order valence-electron chi connectivity index (χ1n) is 6.04. The Balaban J connectivity index is 2.42. The quantitative estimate of drug-likeness (QED) is 0.850. The molecular weight excluding hydrogens is 214 g/mol. The van der Waals surface area contributed by atoms with Crippen LogP contribution in [0.25, 0.3) is 0 Å². The van der Waals surface area contributed by atoms with Gasteiger partial charge in [-0.05, 0) is 39.4 Å². The molecule has 3 nitrogen and oxygen atoms in total. The maximum absolute atomic E-state index is 10.8. The van der Waals surface area contributed by atoms with Crippen LogP contribution in [0, 0.1) is 6.92 Å². The number of aryl methyl sites for hydroxylation is 1. The van der Waals surface area contributed by atoms with Gasteiger partial charge in [0.05, 0.1) is 7.11 Å². The lowest BCUT2D eigenvalue weighted by Gasteiger charge is -2.25. The van der Waals surface area contributed by atoms with Gasteiger partial charge in [0.25, 0.3) is 0 Å². The van der Waals surface area contributed by atoms with Crippen molar-refractivity contribution in [2.75, 3.05) is 20.7 Å². The van der Waals surface area contributed by atoms with Gasteiger partial charge < -0.3 is 14.7 Å². The summed E-state index contributed by atoms with van der Waals surface area (Å²) in [6.07, 6.45) is 0.753. The Morgan fingerprint density at radius 3 is 2.71 bits per heavy atom. The molecule has 2 unspecified atom stereocenters. The first kappa shape index (κ1) is 12.4. The summed E-state index contributed by atoms with van der Waals surface area (Å²) in [5.74, 6) is 0.778. The molecule has 1 aromatic rings. The number of nitrogens with zero attached hydrogens (tertiary/aromatic N) is 1. The zero-order chi connectivity index (χ0) is 12.6. The molecule has 1 aromatic carbocycles. The average Bonchev–Trinajstić information content (AvgIpc) is 2.54. The number of hydrogen-bond donors (Lipinski definition) is 1. The Kier molecular flexibility index (Phi) is 3.15. The molecule has 0 saturated carbocycles. The number of benzene rings is 1. The first-order valence-corrected chi connectivity index (χ1v) is 6.04. The van der Waals surface area contributed by atoms with Crippen molar-refractivity contribution < 1.29 is 9.84 Å². The minimum absolute atomic E-state index is 0.394. The van der Waals surface area contributed by atoms with Gasteiger partial charge in [-0.15, -0.1) is 0 Å². The van der Waals surface area contributed by atoms with Gasteiger partial charge in [0.2, 0.25) is 0 Å². The van der Waals surface area contributed by atoms with Crippen LogP contribution in [0.5, 0.6) is 5.75 Å². The van der Waals surface area contributed by atoms with Crippen molar-refractivity contribution in [3.8, 4) is 5.75 Å². The molecule has 1 fully saturated rings. The highest BCUT2D eigenvalue weighted by Crippen LogP contribution is 2.39. The number of likely N-dealkylation sites (tertiary alicyclic amines) is 1. The molecule has 2 atom stereocenters. The summed E-state index contributed by atoms with van der Waals surface area (Å²) in [5, 5.41) is 10.8. The van der Waals surface area contributed by atoms with E-state index < -0.39 is 5.60 Å². The van der Waals surface area contributed by atoms with Gasteiger partial charge in [-0.25, -0.2) is 0 Å². The molecule has 1 heterocycles. The molecule has 1 N–H and O–H groups in total. The lowest BCUT2D eigenvalue weighted by atomic mass is 9.89. The van der Waals surface area contributed by atoms with E-state index in [0.717, 1.165) is 23.3 Å². The predicted molar refractivity (Wildman–Crippen MR) is 68.3 cm³/mol. The lowest BCUT2D eigenvalue weighted by molar-refractivity contribution is 0.0460. The first-order chi connectivity index (χ1) is 7.96.